The molecule has 2 aromatic carbocycles. The van der Waals surface area contributed by atoms with Gasteiger partial charge in [-0.05, 0) is 31.2 Å². The zero-order chi connectivity index (χ0) is 15.6. The molecule has 0 saturated heterocycles. The fourth-order valence-corrected chi connectivity index (χ4v) is 2.04. The minimum atomic E-state index is -0.616. The van der Waals surface area contributed by atoms with Crippen LogP contribution in [0.1, 0.15) is 17.3 Å². The molecule has 0 bridgehead atoms. The summed E-state index contributed by atoms with van der Waals surface area (Å²) in [6, 6.07) is 10.3. The van der Waals surface area contributed by atoms with Crippen LogP contribution in [0.15, 0.2) is 42.5 Å². The van der Waals surface area contributed by atoms with Crippen molar-refractivity contribution in [3.8, 4) is 0 Å². The summed E-state index contributed by atoms with van der Waals surface area (Å²) in [5, 5.41) is 11.1. The number of nitrogens with zero attached hydrogens (tertiary/aromatic N) is 2. The van der Waals surface area contributed by atoms with Crippen molar-refractivity contribution in [3.63, 3.8) is 0 Å². The van der Waals surface area contributed by atoms with Gasteiger partial charge in [0, 0.05) is 18.8 Å². The summed E-state index contributed by atoms with van der Waals surface area (Å²) in [7, 11) is 1.60. The van der Waals surface area contributed by atoms with Gasteiger partial charge in [-0.1, -0.05) is 12.1 Å². The second kappa shape index (κ2) is 5.70. The molecule has 0 aliphatic rings. The van der Waals surface area contributed by atoms with Crippen molar-refractivity contribution in [1.82, 2.24) is 0 Å². The first-order chi connectivity index (χ1) is 9.91. The maximum Gasteiger partial charge on any atom is 0.282 e. The van der Waals surface area contributed by atoms with Gasteiger partial charge in [0.1, 0.15) is 5.82 Å². The lowest BCUT2D eigenvalue weighted by molar-refractivity contribution is -0.385. The number of carbonyl (C=O) groups is 1. The molecule has 0 atom stereocenters. The number of carbonyl (C=O) groups excluding carboxylic acids is 1. The van der Waals surface area contributed by atoms with Crippen LogP contribution in [-0.2, 0) is 0 Å². The van der Waals surface area contributed by atoms with Gasteiger partial charge in [0.15, 0.2) is 5.78 Å². The number of nitro groups is 1. The van der Waals surface area contributed by atoms with E-state index < -0.39 is 10.7 Å². The Morgan fingerprint density at radius 3 is 2.48 bits per heavy atom. The Balaban J connectivity index is 2.50. The topological polar surface area (TPSA) is 63.5 Å². The summed E-state index contributed by atoms with van der Waals surface area (Å²) in [5.74, 6) is -0.819. The Morgan fingerprint density at radius 1 is 1.24 bits per heavy atom. The van der Waals surface area contributed by atoms with Crippen molar-refractivity contribution in [2.45, 2.75) is 6.92 Å². The molecule has 5 nitrogen and oxygen atoms in total. The van der Waals surface area contributed by atoms with Crippen molar-refractivity contribution in [3.05, 3.63) is 64.0 Å². The molecular weight excluding hydrogens is 275 g/mol. The number of rotatable bonds is 4. The van der Waals surface area contributed by atoms with E-state index in [0.717, 1.165) is 0 Å². The van der Waals surface area contributed by atoms with Gasteiger partial charge >= 0.3 is 0 Å². The molecular formula is C15H13FN2O3. The number of hydrogen-bond donors (Lipinski definition) is 0. The van der Waals surface area contributed by atoms with Gasteiger partial charge in [-0.15, -0.1) is 0 Å². The highest BCUT2D eigenvalue weighted by Crippen LogP contribution is 2.30. The fraction of sp³-hybridized carbons (Fsp3) is 0.133. The zero-order valence-corrected chi connectivity index (χ0v) is 11.5. The van der Waals surface area contributed by atoms with Crippen LogP contribution in [0.3, 0.4) is 0 Å². The van der Waals surface area contributed by atoms with E-state index in [9.17, 15) is 19.3 Å². The van der Waals surface area contributed by atoms with Gasteiger partial charge in [0.05, 0.1) is 16.2 Å². The summed E-state index contributed by atoms with van der Waals surface area (Å²) < 4.78 is 13.8. The lowest BCUT2D eigenvalue weighted by Gasteiger charge is -2.20. The van der Waals surface area contributed by atoms with Crippen LogP contribution in [0.2, 0.25) is 0 Å². The van der Waals surface area contributed by atoms with Crippen molar-refractivity contribution in [2.75, 3.05) is 11.9 Å². The maximum atomic E-state index is 13.8. The molecule has 0 N–H and O–H groups in total. The molecule has 0 aliphatic heterocycles. The van der Waals surface area contributed by atoms with Crippen LogP contribution < -0.4 is 4.90 Å². The van der Waals surface area contributed by atoms with Crippen LogP contribution in [-0.4, -0.2) is 17.8 Å². The van der Waals surface area contributed by atoms with E-state index in [0.29, 0.717) is 11.4 Å². The van der Waals surface area contributed by atoms with Crippen molar-refractivity contribution >= 4 is 22.8 Å². The number of halogens is 1. The predicted molar refractivity (Wildman–Crippen MR) is 77.6 cm³/mol. The normalized spacial score (nSPS) is 10.2. The molecule has 0 fully saturated rings. The zero-order valence-electron chi connectivity index (χ0n) is 11.5. The quantitative estimate of drug-likeness (QED) is 0.489. The largest absolute Gasteiger partial charge is 0.342 e. The van der Waals surface area contributed by atoms with Crippen molar-refractivity contribution in [2.24, 2.45) is 0 Å². The second-order valence-electron chi connectivity index (χ2n) is 4.53. The van der Waals surface area contributed by atoms with Crippen LogP contribution in [0.5, 0.6) is 0 Å². The van der Waals surface area contributed by atoms with Gasteiger partial charge in [-0.3, -0.25) is 14.9 Å². The number of anilines is 2. The van der Waals surface area contributed by atoms with Gasteiger partial charge in [-0.2, -0.15) is 0 Å². The summed E-state index contributed by atoms with van der Waals surface area (Å²) in [6.07, 6.45) is 0. The first-order valence-electron chi connectivity index (χ1n) is 6.19. The highest BCUT2D eigenvalue weighted by molar-refractivity contribution is 5.98. The number of hydrogen-bond acceptors (Lipinski definition) is 4. The Morgan fingerprint density at radius 2 is 1.90 bits per heavy atom. The molecule has 0 saturated carbocycles. The highest BCUT2D eigenvalue weighted by atomic mass is 19.1. The maximum absolute atomic E-state index is 13.8. The smallest absolute Gasteiger partial charge is 0.282 e. The van der Waals surface area contributed by atoms with Crippen molar-refractivity contribution in [1.29, 1.82) is 0 Å². The Labute approximate surface area is 120 Å². The average Bonchev–Trinajstić information content (AvgIpc) is 2.46. The third kappa shape index (κ3) is 2.89. The predicted octanol–water partition coefficient (Wildman–Crippen LogP) is 3.70. The first-order valence-corrected chi connectivity index (χ1v) is 6.19. The van der Waals surface area contributed by atoms with E-state index >= 15 is 0 Å². The summed E-state index contributed by atoms with van der Waals surface area (Å²) in [4.78, 5) is 23.3. The molecule has 0 aliphatic carbocycles. The van der Waals surface area contributed by atoms with Gasteiger partial charge < -0.3 is 4.90 Å². The van der Waals surface area contributed by atoms with Gasteiger partial charge in [-0.25, -0.2) is 4.39 Å². The van der Waals surface area contributed by atoms with E-state index in [1.807, 2.05) is 0 Å². The molecule has 108 valence electrons. The summed E-state index contributed by atoms with van der Waals surface area (Å²) in [5.41, 5.74) is 0.466. The molecule has 0 radical (unpaired) electrons. The third-order valence-electron chi connectivity index (χ3n) is 3.16. The molecule has 0 amide bonds. The fourth-order valence-electron chi connectivity index (χ4n) is 2.04. The second-order valence-corrected chi connectivity index (χ2v) is 4.53. The third-order valence-corrected chi connectivity index (χ3v) is 3.16. The van der Waals surface area contributed by atoms with E-state index in [4.69, 9.17) is 0 Å². The van der Waals surface area contributed by atoms with Crippen molar-refractivity contribution < 1.29 is 14.1 Å². The number of benzene rings is 2. The van der Waals surface area contributed by atoms with E-state index in [1.54, 1.807) is 31.3 Å². The Bertz CT molecular complexity index is 716. The lowest BCUT2D eigenvalue weighted by atomic mass is 10.1. The minimum Gasteiger partial charge on any atom is -0.342 e. The van der Waals surface area contributed by atoms with Crippen LogP contribution in [0, 0.1) is 15.9 Å². The van der Waals surface area contributed by atoms with Gasteiger partial charge in [0.2, 0.25) is 0 Å². The molecule has 2 rings (SSSR count). The SMILES string of the molecule is CC(=O)c1ccc(N(C)c2ccccc2F)cc1[N+](=O)[O-]. The molecule has 0 aromatic heterocycles. The molecule has 0 spiro atoms. The molecule has 6 heteroatoms. The van der Waals surface area contributed by atoms with Crippen LogP contribution >= 0.6 is 0 Å². The number of nitro benzene ring substituents is 1. The Kier molecular flexibility index (Phi) is 3.98. The summed E-state index contributed by atoms with van der Waals surface area (Å²) in [6.45, 7) is 1.27. The van der Waals surface area contributed by atoms with E-state index in [1.165, 1.54) is 30.0 Å². The standard InChI is InChI=1S/C15H13FN2O3/c1-10(19)12-8-7-11(9-15(12)18(20)21)17(2)14-6-4-3-5-13(14)16/h3-9H,1-2H3. The number of ketones is 1. The van der Waals surface area contributed by atoms with Gasteiger partial charge in [0.25, 0.3) is 5.69 Å². The lowest BCUT2D eigenvalue weighted by Crippen LogP contribution is -2.12. The molecule has 0 unspecified atom stereocenters. The highest BCUT2D eigenvalue weighted by Gasteiger charge is 2.20. The monoisotopic (exact) mass is 288 g/mol. The number of para-hydroxylation sites is 1. The summed E-state index contributed by atoms with van der Waals surface area (Å²) >= 11 is 0. The molecule has 0 heterocycles. The van der Waals surface area contributed by atoms with Crippen LogP contribution in [0.4, 0.5) is 21.5 Å². The number of Topliss-reactive ketones (excluding diaryl/α,β-unsaturated/α-hetero) is 1. The van der Waals surface area contributed by atoms with Crippen LogP contribution in [0.25, 0.3) is 0 Å². The molecule has 21 heavy (non-hydrogen) atoms. The minimum absolute atomic E-state index is 0.0330. The average molecular weight is 288 g/mol. The first kappa shape index (κ1) is 14.6. The van der Waals surface area contributed by atoms with E-state index in [-0.39, 0.29) is 17.0 Å². The van der Waals surface area contributed by atoms with E-state index in [2.05, 4.69) is 0 Å². The Hall–Kier alpha value is -2.76. The molecule has 2 aromatic rings.